The molecule has 0 heterocycles. The van der Waals surface area contributed by atoms with Crippen molar-refractivity contribution in [1.82, 2.24) is 0 Å². The van der Waals surface area contributed by atoms with Crippen LogP contribution in [0.5, 0.6) is 5.75 Å². The second kappa shape index (κ2) is 8.41. The molecule has 4 heteroatoms. The van der Waals surface area contributed by atoms with Gasteiger partial charge in [-0.1, -0.05) is 30.7 Å². The molecule has 0 radical (unpaired) electrons. The second-order valence-corrected chi connectivity index (χ2v) is 5.28. The van der Waals surface area contributed by atoms with Crippen LogP contribution in [0.3, 0.4) is 0 Å². The molecule has 0 saturated carbocycles. The lowest BCUT2D eigenvalue weighted by atomic mass is 10.0. The number of halogens is 1. The summed E-state index contributed by atoms with van der Waals surface area (Å²) in [5, 5.41) is 0.630. The van der Waals surface area contributed by atoms with Crippen LogP contribution in [0.15, 0.2) is 18.2 Å². The summed E-state index contributed by atoms with van der Waals surface area (Å²) in [6, 6.07) is 5.91. The van der Waals surface area contributed by atoms with E-state index in [-0.39, 0.29) is 12.1 Å². The van der Waals surface area contributed by atoms with Gasteiger partial charge in [0.05, 0.1) is 17.7 Å². The van der Waals surface area contributed by atoms with Gasteiger partial charge in [-0.25, -0.2) is 0 Å². The van der Waals surface area contributed by atoms with Crippen molar-refractivity contribution in [2.45, 2.75) is 45.8 Å². The Balaban J connectivity index is 2.64. The number of para-hydroxylation sites is 1. The van der Waals surface area contributed by atoms with Gasteiger partial charge >= 0.3 is 0 Å². The summed E-state index contributed by atoms with van der Waals surface area (Å²) in [4.78, 5) is 0. The Hall–Kier alpha value is -0.770. The molecule has 19 heavy (non-hydrogen) atoms. The fourth-order valence-corrected chi connectivity index (χ4v) is 1.98. The van der Waals surface area contributed by atoms with Gasteiger partial charge in [0.2, 0.25) is 0 Å². The largest absolute Gasteiger partial charge is 0.489 e. The van der Waals surface area contributed by atoms with Crippen LogP contribution < -0.4 is 10.5 Å². The summed E-state index contributed by atoms with van der Waals surface area (Å²) < 4.78 is 11.2. The second-order valence-electron chi connectivity index (χ2n) is 4.87. The Morgan fingerprint density at radius 3 is 2.63 bits per heavy atom. The minimum atomic E-state index is 0.132. The smallest absolute Gasteiger partial charge is 0.141 e. The van der Waals surface area contributed by atoms with E-state index in [9.17, 15) is 0 Å². The summed E-state index contributed by atoms with van der Waals surface area (Å²) >= 11 is 6.19. The van der Waals surface area contributed by atoms with Crippen molar-refractivity contribution in [3.8, 4) is 5.75 Å². The molecule has 0 amide bonds. The Morgan fingerprint density at radius 1 is 1.26 bits per heavy atom. The van der Waals surface area contributed by atoms with Gasteiger partial charge in [0, 0.05) is 6.04 Å². The molecule has 0 saturated heterocycles. The van der Waals surface area contributed by atoms with Crippen molar-refractivity contribution >= 4 is 11.6 Å². The summed E-state index contributed by atoms with van der Waals surface area (Å²) in [7, 11) is 0. The van der Waals surface area contributed by atoms with Crippen LogP contribution in [0.1, 0.15) is 32.8 Å². The molecule has 0 aliphatic rings. The number of nitrogens with two attached hydrogens (primary N) is 1. The number of hydrogen-bond acceptors (Lipinski definition) is 3. The first-order valence-electron chi connectivity index (χ1n) is 6.82. The molecule has 1 aromatic carbocycles. The van der Waals surface area contributed by atoms with Gasteiger partial charge in [-0.3, -0.25) is 0 Å². The van der Waals surface area contributed by atoms with E-state index < -0.39 is 0 Å². The van der Waals surface area contributed by atoms with Crippen molar-refractivity contribution in [3.63, 3.8) is 0 Å². The maximum atomic E-state index is 6.19. The fraction of sp³-hybridized carbons (Fsp3) is 0.600. The van der Waals surface area contributed by atoms with Gasteiger partial charge in [0.15, 0.2) is 0 Å². The normalized spacial score (nSPS) is 12.7. The van der Waals surface area contributed by atoms with E-state index in [1.807, 2.05) is 32.0 Å². The predicted molar refractivity (Wildman–Crippen MR) is 80.0 cm³/mol. The number of benzene rings is 1. The molecule has 3 nitrogen and oxygen atoms in total. The van der Waals surface area contributed by atoms with Gasteiger partial charge < -0.3 is 15.2 Å². The summed E-state index contributed by atoms with van der Waals surface area (Å²) in [5.74, 6) is 0.737. The Labute approximate surface area is 121 Å². The third-order valence-corrected chi connectivity index (χ3v) is 3.13. The van der Waals surface area contributed by atoms with Gasteiger partial charge in [-0.05, 0) is 38.3 Å². The lowest BCUT2D eigenvalue weighted by Crippen LogP contribution is -2.22. The number of ether oxygens (including phenoxy) is 2. The van der Waals surface area contributed by atoms with Crippen LogP contribution in [0.2, 0.25) is 5.02 Å². The monoisotopic (exact) mass is 285 g/mol. The first kappa shape index (κ1) is 16.3. The van der Waals surface area contributed by atoms with E-state index in [4.69, 9.17) is 26.8 Å². The molecule has 1 atom stereocenters. The topological polar surface area (TPSA) is 44.5 Å². The molecule has 0 spiro atoms. The van der Waals surface area contributed by atoms with E-state index in [1.54, 1.807) is 0 Å². The molecule has 1 aromatic rings. The lowest BCUT2D eigenvalue weighted by molar-refractivity contribution is 0.0551. The minimum Gasteiger partial charge on any atom is -0.489 e. The van der Waals surface area contributed by atoms with E-state index in [0.29, 0.717) is 18.2 Å². The summed E-state index contributed by atoms with van der Waals surface area (Å²) in [6.45, 7) is 7.13. The highest BCUT2D eigenvalue weighted by Gasteiger charge is 2.11. The third kappa shape index (κ3) is 5.81. The minimum absolute atomic E-state index is 0.132. The van der Waals surface area contributed by atoms with Crippen molar-refractivity contribution in [3.05, 3.63) is 28.8 Å². The Kier molecular flexibility index (Phi) is 7.21. The molecule has 0 aliphatic carbocycles. The quantitative estimate of drug-likeness (QED) is 0.744. The van der Waals surface area contributed by atoms with Crippen molar-refractivity contribution in [1.29, 1.82) is 0 Å². The molecular weight excluding hydrogens is 262 g/mol. The maximum Gasteiger partial charge on any atom is 0.141 e. The molecule has 2 N–H and O–H groups in total. The van der Waals surface area contributed by atoms with Crippen LogP contribution >= 0.6 is 11.6 Å². The zero-order valence-electron chi connectivity index (χ0n) is 12.0. The van der Waals surface area contributed by atoms with E-state index >= 15 is 0 Å². The number of rotatable bonds is 8. The highest BCUT2D eigenvalue weighted by atomic mass is 35.5. The van der Waals surface area contributed by atoms with Crippen LogP contribution in [0.4, 0.5) is 0 Å². The molecule has 1 rings (SSSR count). The van der Waals surface area contributed by atoms with Crippen molar-refractivity contribution < 1.29 is 9.47 Å². The highest BCUT2D eigenvalue weighted by Crippen LogP contribution is 2.29. The van der Waals surface area contributed by atoms with Crippen LogP contribution in [-0.2, 0) is 11.2 Å². The Morgan fingerprint density at radius 2 is 2.00 bits per heavy atom. The van der Waals surface area contributed by atoms with Crippen LogP contribution in [-0.4, -0.2) is 25.4 Å². The maximum absolute atomic E-state index is 6.19. The van der Waals surface area contributed by atoms with E-state index in [0.717, 1.165) is 24.2 Å². The summed E-state index contributed by atoms with van der Waals surface area (Å²) in [5.41, 5.74) is 7.06. The molecule has 0 aromatic heterocycles. The van der Waals surface area contributed by atoms with Crippen LogP contribution in [0.25, 0.3) is 0 Å². The standard InChI is InChI=1S/C15H24ClNO2/c1-4-13(17)10-12-6-5-7-14(16)15(12)19-9-8-18-11(2)3/h5-7,11,13H,4,8-10,17H2,1-3H3. The van der Waals surface area contributed by atoms with E-state index in [2.05, 4.69) is 6.92 Å². The van der Waals surface area contributed by atoms with Gasteiger partial charge in [0.25, 0.3) is 0 Å². The fourth-order valence-electron chi connectivity index (χ4n) is 1.73. The van der Waals surface area contributed by atoms with Crippen molar-refractivity contribution in [2.24, 2.45) is 5.73 Å². The van der Waals surface area contributed by atoms with Crippen molar-refractivity contribution in [2.75, 3.05) is 13.2 Å². The van der Waals surface area contributed by atoms with Gasteiger partial charge in [0.1, 0.15) is 12.4 Å². The first-order chi connectivity index (χ1) is 9.04. The third-order valence-electron chi connectivity index (χ3n) is 2.84. The predicted octanol–water partition coefficient (Wildman–Crippen LogP) is 3.42. The average Bonchev–Trinajstić information content (AvgIpc) is 2.36. The summed E-state index contributed by atoms with van der Waals surface area (Å²) in [6.07, 6.45) is 1.92. The molecular formula is C15H24ClNO2. The number of hydrogen-bond donors (Lipinski definition) is 1. The molecule has 0 fully saturated rings. The Bertz CT molecular complexity index is 382. The molecule has 1 unspecified atom stereocenters. The zero-order valence-corrected chi connectivity index (χ0v) is 12.7. The highest BCUT2D eigenvalue weighted by molar-refractivity contribution is 6.32. The van der Waals surface area contributed by atoms with E-state index in [1.165, 1.54) is 0 Å². The molecule has 0 bridgehead atoms. The molecule has 108 valence electrons. The van der Waals surface area contributed by atoms with Gasteiger partial charge in [-0.15, -0.1) is 0 Å². The van der Waals surface area contributed by atoms with Crippen LogP contribution in [0, 0.1) is 0 Å². The molecule has 0 aliphatic heterocycles. The first-order valence-corrected chi connectivity index (χ1v) is 7.19. The SMILES string of the molecule is CCC(N)Cc1cccc(Cl)c1OCCOC(C)C. The zero-order chi connectivity index (χ0) is 14.3. The average molecular weight is 286 g/mol. The lowest BCUT2D eigenvalue weighted by Gasteiger charge is -2.16. The van der Waals surface area contributed by atoms with Gasteiger partial charge in [-0.2, -0.15) is 0 Å².